The van der Waals surface area contributed by atoms with E-state index < -0.39 is 0 Å². The highest BCUT2D eigenvalue weighted by Crippen LogP contribution is 2.33. The smallest absolute Gasteiger partial charge is 0.260 e. The van der Waals surface area contributed by atoms with Crippen molar-refractivity contribution in [2.45, 2.75) is 13.8 Å². The number of likely N-dealkylation sites (N-methyl/N-ethyl adjacent to an activating group) is 1. The molecule has 2 aromatic carbocycles. The van der Waals surface area contributed by atoms with Gasteiger partial charge in [-0.15, -0.1) is 12.4 Å². The highest BCUT2D eigenvalue weighted by molar-refractivity contribution is 7.22. The van der Waals surface area contributed by atoms with Crippen molar-refractivity contribution in [1.29, 1.82) is 0 Å². The van der Waals surface area contributed by atoms with Crippen molar-refractivity contribution in [2.24, 2.45) is 0 Å². The van der Waals surface area contributed by atoms with E-state index >= 15 is 0 Å². The summed E-state index contributed by atoms with van der Waals surface area (Å²) in [6, 6.07) is 12.9. The predicted octanol–water partition coefficient (Wildman–Crippen LogP) is 5.37. The molecule has 1 heterocycles. The van der Waals surface area contributed by atoms with Crippen molar-refractivity contribution < 1.29 is 9.53 Å². The van der Waals surface area contributed by atoms with Gasteiger partial charge in [0.25, 0.3) is 5.91 Å². The molecule has 3 aromatic rings. The van der Waals surface area contributed by atoms with Gasteiger partial charge in [-0.1, -0.05) is 42.9 Å². The molecule has 1 aromatic heterocycles. The van der Waals surface area contributed by atoms with E-state index in [9.17, 15) is 4.79 Å². The Labute approximate surface area is 186 Å². The van der Waals surface area contributed by atoms with Crippen LogP contribution in [0.1, 0.15) is 24.2 Å². The number of para-hydroxylation sites is 1. The van der Waals surface area contributed by atoms with Crippen LogP contribution in [0.3, 0.4) is 0 Å². The second-order valence-electron chi connectivity index (χ2n) is 6.30. The number of fused-ring (bicyclic) bond motifs is 1. The lowest BCUT2D eigenvalue weighted by molar-refractivity contribution is 0.0983. The summed E-state index contributed by atoms with van der Waals surface area (Å²) in [5, 5.41) is 1.26. The minimum Gasteiger partial charge on any atom is -0.497 e. The third-order valence-corrected chi connectivity index (χ3v) is 6.05. The summed E-state index contributed by atoms with van der Waals surface area (Å²) in [5.74, 6) is 0.642. The van der Waals surface area contributed by atoms with Gasteiger partial charge in [0.05, 0.1) is 16.8 Å². The standard InChI is InChI=1S/C21H24ClN3O2S.ClH/c1-4-24(5-2)13-14-25(20(26)15-9-11-16(27-3)12-10-15)21-23-19-17(22)7-6-8-18(19)28-21;/h6-12H,4-5,13-14H2,1-3H3;1H. The van der Waals surface area contributed by atoms with Crippen LogP contribution in [0, 0.1) is 0 Å². The van der Waals surface area contributed by atoms with E-state index in [-0.39, 0.29) is 18.3 Å². The summed E-state index contributed by atoms with van der Waals surface area (Å²) < 4.78 is 6.17. The topological polar surface area (TPSA) is 45.7 Å². The highest BCUT2D eigenvalue weighted by atomic mass is 35.5. The van der Waals surface area contributed by atoms with Crippen LogP contribution in [0.15, 0.2) is 42.5 Å². The molecule has 0 atom stereocenters. The van der Waals surface area contributed by atoms with Crippen LogP contribution < -0.4 is 9.64 Å². The normalized spacial score (nSPS) is 10.8. The average Bonchev–Trinajstić information content (AvgIpc) is 3.16. The molecular weight excluding hydrogens is 429 g/mol. The van der Waals surface area contributed by atoms with E-state index in [1.807, 2.05) is 18.2 Å². The molecule has 8 heteroatoms. The number of nitrogens with zero attached hydrogens (tertiary/aromatic N) is 3. The van der Waals surface area contributed by atoms with Gasteiger partial charge in [-0.05, 0) is 49.5 Å². The molecule has 156 valence electrons. The number of anilines is 1. The second-order valence-corrected chi connectivity index (χ2v) is 7.71. The Hall–Kier alpha value is -1.86. The summed E-state index contributed by atoms with van der Waals surface area (Å²) in [4.78, 5) is 22.0. The number of carbonyl (C=O) groups excluding carboxylic acids is 1. The van der Waals surface area contributed by atoms with E-state index in [4.69, 9.17) is 16.3 Å². The molecule has 0 bridgehead atoms. The Morgan fingerprint density at radius 2 is 1.79 bits per heavy atom. The fourth-order valence-corrected chi connectivity index (χ4v) is 4.26. The molecule has 0 unspecified atom stereocenters. The number of rotatable bonds is 8. The molecule has 0 aliphatic carbocycles. The zero-order valence-corrected chi connectivity index (χ0v) is 19.1. The molecule has 0 aliphatic rings. The maximum Gasteiger partial charge on any atom is 0.260 e. The van der Waals surface area contributed by atoms with Crippen LogP contribution in [-0.4, -0.2) is 49.1 Å². The second kappa shape index (κ2) is 10.8. The van der Waals surface area contributed by atoms with E-state index in [0.717, 1.165) is 35.6 Å². The number of hydrogen-bond acceptors (Lipinski definition) is 5. The van der Waals surface area contributed by atoms with Crippen LogP contribution in [-0.2, 0) is 0 Å². The van der Waals surface area contributed by atoms with E-state index in [2.05, 4.69) is 23.7 Å². The van der Waals surface area contributed by atoms with Crippen LogP contribution >= 0.6 is 35.3 Å². The summed E-state index contributed by atoms with van der Waals surface area (Å²) in [6.07, 6.45) is 0. The van der Waals surface area contributed by atoms with Crippen LogP contribution in [0.2, 0.25) is 5.02 Å². The van der Waals surface area contributed by atoms with E-state index in [0.29, 0.717) is 22.3 Å². The number of aromatic nitrogens is 1. The first-order valence-electron chi connectivity index (χ1n) is 9.30. The molecule has 5 nitrogen and oxygen atoms in total. The van der Waals surface area contributed by atoms with Gasteiger partial charge in [-0.3, -0.25) is 9.69 Å². The third-order valence-electron chi connectivity index (χ3n) is 4.71. The first-order chi connectivity index (χ1) is 13.6. The first kappa shape index (κ1) is 23.4. The Morgan fingerprint density at radius 1 is 1.10 bits per heavy atom. The lowest BCUT2D eigenvalue weighted by Gasteiger charge is -2.24. The monoisotopic (exact) mass is 453 g/mol. The van der Waals surface area contributed by atoms with E-state index in [1.54, 1.807) is 36.3 Å². The molecule has 0 saturated carbocycles. The quantitative estimate of drug-likeness (QED) is 0.459. The van der Waals surface area contributed by atoms with E-state index in [1.165, 1.54) is 11.3 Å². The third kappa shape index (κ3) is 5.39. The summed E-state index contributed by atoms with van der Waals surface area (Å²) in [7, 11) is 1.61. The molecule has 29 heavy (non-hydrogen) atoms. The Kier molecular flexibility index (Phi) is 8.71. The lowest BCUT2D eigenvalue weighted by atomic mass is 10.2. The highest BCUT2D eigenvalue weighted by Gasteiger charge is 2.22. The number of hydrogen-bond donors (Lipinski definition) is 0. The molecule has 0 aliphatic heterocycles. The molecule has 0 saturated heterocycles. The number of benzene rings is 2. The number of amides is 1. The van der Waals surface area contributed by atoms with Crippen LogP contribution in [0.25, 0.3) is 10.2 Å². The van der Waals surface area contributed by atoms with Crippen molar-refractivity contribution in [3.05, 3.63) is 53.1 Å². The van der Waals surface area contributed by atoms with Crippen molar-refractivity contribution in [3.63, 3.8) is 0 Å². The Balaban J connectivity index is 0.00000300. The predicted molar refractivity (Wildman–Crippen MR) is 124 cm³/mol. The van der Waals surface area contributed by atoms with Gasteiger partial charge in [0.2, 0.25) is 0 Å². The van der Waals surface area contributed by atoms with Gasteiger partial charge in [-0.2, -0.15) is 0 Å². The van der Waals surface area contributed by atoms with Crippen molar-refractivity contribution >= 4 is 56.6 Å². The summed E-state index contributed by atoms with van der Waals surface area (Å²) in [5.41, 5.74) is 1.34. The van der Waals surface area contributed by atoms with Gasteiger partial charge in [0.15, 0.2) is 5.13 Å². The zero-order chi connectivity index (χ0) is 20.1. The Morgan fingerprint density at radius 3 is 2.38 bits per heavy atom. The maximum absolute atomic E-state index is 13.3. The van der Waals surface area contributed by atoms with Crippen LogP contribution in [0.4, 0.5) is 5.13 Å². The number of thiazole rings is 1. The molecule has 0 spiro atoms. The fourth-order valence-electron chi connectivity index (χ4n) is 2.97. The largest absolute Gasteiger partial charge is 0.497 e. The number of halogens is 2. The Bertz CT molecular complexity index is 943. The maximum atomic E-state index is 13.3. The van der Waals surface area contributed by atoms with Gasteiger partial charge in [-0.25, -0.2) is 4.98 Å². The summed E-state index contributed by atoms with van der Waals surface area (Å²) >= 11 is 7.78. The minimum absolute atomic E-state index is 0. The first-order valence-corrected chi connectivity index (χ1v) is 10.5. The minimum atomic E-state index is -0.0787. The van der Waals surface area contributed by atoms with Crippen LogP contribution in [0.5, 0.6) is 5.75 Å². The number of methoxy groups -OCH3 is 1. The van der Waals surface area contributed by atoms with Crippen molar-refractivity contribution in [2.75, 3.05) is 38.2 Å². The molecule has 0 fully saturated rings. The number of carbonyl (C=O) groups is 1. The zero-order valence-electron chi connectivity index (χ0n) is 16.7. The van der Waals surface area contributed by atoms with Gasteiger partial charge in [0, 0.05) is 18.7 Å². The number of ether oxygens (including phenoxy) is 1. The molecule has 0 N–H and O–H groups in total. The van der Waals surface area contributed by atoms with Crippen molar-refractivity contribution in [3.8, 4) is 5.75 Å². The summed E-state index contributed by atoms with van der Waals surface area (Å²) in [6.45, 7) is 7.45. The van der Waals surface area contributed by atoms with Crippen molar-refractivity contribution in [1.82, 2.24) is 9.88 Å². The molecule has 0 radical (unpaired) electrons. The SMILES string of the molecule is CCN(CC)CCN(C(=O)c1ccc(OC)cc1)c1nc2c(Cl)cccc2s1.Cl. The average molecular weight is 454 g/mol. The van der Waals surface area contributed by atoms with Gasteiger partial charge < -0.3 is 9.64 Å². The molecule has 1 amide bonds. The molecule has 3 rings (SSSR count). The molecular formula is C21H25Cl2N3O2S. The lowest BCUT2D eigenvalue weighted by Crippen LogP contribution is -2.38. The van der Waals surface area contributed by atoms with Gasteiger partial charge >= 0.3 is 0 Å². The fraction of sp³-hybridized carbons (Fsp3) is 0.333. The van der Waals surface area contributed by atoms with Gasteiger partial charge in [0.1, 0.15) is 11.3 Å².